The van der Waals surface area contributed by atoms with Gasteiger partial charge in [-0.05, 0) is 42.5 Å². The number of nitrogens with zero attached hydrogens (tertiary/aromatic N) is 1. The highest BCUT2D eigenvalue weighted by Crippen LogP contribution is 2.30. The summed E-state index contributed by atoms with van der Waals surface area (Å²) in [6.07, 6.45) is 4.34. The average Bonchev–Trinajstić information content (AvgIpc) is 3.18. The number of nitrogens with two attached hydrogens (primary N) is 1. The van der Waals surface area contributed by atoms with Crippen LogP contribution in [-0.4, -0.2) is 37.1 Å². The topological polar surface area (TPSA) is 64.8 Å². The molecule has 1 saturated carbocycles. The van der Waals surface area contributed by atoms with Crippen LogP contribution in [0.15, 0.2) is 48.5 Å². The van der Waals surface area contributed by atoms with E-state index in [1.54, 1.807) is 14.2 Å². The van der Waals surface area contributed by atoms with Gasteiger partial charge in [-0.2, -0.15) is 0 Å². The fourth-order valence-corrected chi connectivity index (χ4v) is 3.87. The quantitative estimate of drug-likeness (QED) is 0.758. The van der Waals surface area contributed by atoms with E-state index in [4.69, 9.17) is 15.2 Å². The molecular formula is C23H30N2O3. The molecule has 0 spiro atoms. The van der Waals surface area contributed by atoms with Crippen molar-refractivity contribution in [3.63, 3.8) is 0 Å². The lowest BCUT2D eigenvalue weighted by Gasteiger charge is -2.32. The van der Waals surface area contributed by atoms with Gasteiger partial charge in [-0.1, -0.05) is 43.2 Å². The molecule has 1 fully saturated rings. The number of benzene rings is 2. The molecular weight excluding hydrogens is 352 g/mol. The summed E-state index contributed by atoms with van der Waals surface area (Å²) in [5, 5.41) is 0. The standard InChI is InChI=1S/C23H30N2O3/c1-27-20-14-19(15-21(16-20)28-2)17-25(13-10-18-8-4-3-5-9-18)22(26)23(24)11-6-7-12-23/h3-5,8-9,14-16H,6-7,10-13,17,24H2,1-2H3. The Morgan fingerprint density at radius 3 is 2.18 bits per heavy atom. The van der Waals surface area contributed by atoms with E-state index >= 15 is 0 Å². The third-order valence-electron chi connectivity index (χ3n) is 5.51. The molecule has 0 bridgehead atoms. The Hall–Kier alpha value is -2.53. The molecule has 1 aliphatic rings. The molecule has 150 valence electrons. The van der Waals surface area contributed by atoms with E-state index in [0.29, 0.717) is 24.6 Å². The normalized spacial score (nSPS) is 15.2. The smallest absolute Gasteiger partial charge is 0.242 e. The summed E-state index contributed by atoms with van der Waals surface area (Å²) in [5.41, 5.74) is 7.94. The van der Waals surface area contributed by atoms with E-state index in [2.05, 4.69) is 12.1 Å². The second-order valence-corrected chi connectivity index (χ2v) is 7.55. The summed E-state index contributed by atoms with van der Waals surface area (Å²) in [4.78, 5) is 15.2. The Morgan fingerprint density at radius 2 is 1.61 bits per heavy atom. The number of carbonyl (C=O) groups is 1. The highest BCUT2D eigenvalue weighted by atomic mass is 16.5. The van der Waals surface area contributed by atoms with Crippen molar-refractivity contribution < 1.29 is 14.3 Å². The van der Waals surface area contributed by atoms with E-state index in [0.717, 1.165) is 37.7 Å². The zero-order chi connectivity index (χ0) is 20.0. The SMILES string of the molecule is COc1cc(CN(CCc2ccccc2)C(=O)C2(N)CCCC2)cc(OC)c1. The summed E-state index contributed by atoms with van der Waals surface area (Å²) < 4.78 is 10.8. The lowest BCUT2D eigenvalue weighted by Crippen LogP contribution is -2.53. The molecule has 0 unspecified atom stereocenters. The lowest BCUT2D eigenvalue weighted by atomic mass is 9.96. The third kappa shape index (κ3) is 4.84. The van der Waals surface area contributed by atoms with Crippen LogP contribution in [0.5, 0.6) is 11.5 Å². The molecule has 1 aliphatic carbocycles. The Morgan fingerprint density at radius 1 is 1.00 bits per heavy atom. The van der Waals surface area contributed by atoms with Gasteiger partial charge in [0.25, 0.3) is 0 Å². The van der Waals surface area contributed by atoms with Crippen LogP contribution < -0.4 is 15.2 Å². The minimum absolute atomic E-state index is 0.0442. The first kappa shape index (κ1) is 20.2. The highest BCUT2D eigenvalue weighted by Gasteiger charge is 2.39. The van der Waals surface area contributed by atoms with Crippen LogP contribution in [0.4, 0.5) is 0 Å². The molecule has 1 amide bonds. The summed E-state index contributed by atoms with van der Waals surface area (Å²) in [6, 6.07) is 16.0. The summed E-state index contributed by atoms with van der Waals surface area (Å²) >= 11 is 0. The third-order valence-corrected chi connectivity index (χ3v) is 5.51. The molecule has 2 aromatic carbocycles. The molecule has 0 heterocycles. The van der Waals surface area contributed by atoms with E-state index < -0.39 is 5.54 Å². The van der Waals surface area contributed by atoms with Gasteiger partial charge in [-0.3, -0.25) is 4.79 Å². The summed E-state index contributed by atoms with van der Waals surface area (Å²) in [6.45, 7) is 1.11. The van der Waals surface area contributed by atoms with Crippen LogP contribution in [0.1, 0.15) is 36.8 Å². The molecule has 2 N–H and O–H groups in total. The fraction of sp³-hybridized carbons (Fsp3) is 0.435. The van der Waals surface area contributed by atoms with Gasteiger partial charge < -0.3 is 20.1 Å². The van der Waals surface area contributed by atoms with Gasteiger partial charge in [0.2, 0.25) is 5.91 Å². The molecule has 0 aromatic heterocycles. The molecule has 5 heteroatoms. The lowest BCUT2D eigenvalue weighted by molar-refractivity contribution is -0.137. The minimum atomic E-state index is -0.736. The Kier molecular flexibility index (Phi) is 6.57. The molecule has 2 aromatic rings. The molecule has 0 atom stereocenters. The Bertz CT molecular complexity index is 763. The molecule has 3 rings (SSSR count). The van der Waals surface area contributed by atoms with Crippen LogP contribution in [0.2, 0.25) is 0 Å². The zero-order valence-corrected chi connectivity index (χ0v) is 16.8. The van der Waals surface area contributed by atoms with Crippen LogP contribution in [0.3, 0.4) is 0 Å². The van der Waals surface area contributed by atoms with Crippen LogP contribution >= 0.6 is 0 Å². The average molecular weight is 383 g/mol. The number of methoxy groups -OCH3 is 2. The number of hydrogen-bond acceptors (Lipinski definition) is 4. The van der Waals surface area contributed by atoms with Crippen molar-refractivity contribution in [3.8, 4) is 11.5 Å². The highest BCUT2D eigenvalue weighted by molar-refractivity contribution is 5.86. The maximum absolute atomic E-state index is 13.3. The summed E-state index contributed by atoms with van der Waals surface area (Å²) in [7, 11) is 3.26. The molecule has 28 heavy (non-hydrogen) atoms. The van der Waals surface area contributed by atoms with Crippen molar-refractivity contribution in [3.05, 3.63) is 59.7 Å². The second-order valence-electron chi connectivity index (χ2n) is 7.55. The van der Waals surface area contributed by atoms with Crippen molar-refractivity contribution in [1.82, 2.24) is 4.90 Å². The van der Waals surface area contributed by atoms with Crippen LogP contribution in [0, 0.1) is 0 Å². The predicted octanol–water partition coefficient (Wildman–Crippen LogP) is 3.55. The first-order valence-corrected chi connectivity index (χ1v) is 9.88. The van der Waals surface area contributed by atoms with Crippen LogP contribution in [0.25, 0.3) is 0 Å². The van der Waals surface area contributed by atoms with Gasteiger partial charge in [-0.25, -0.2) is 0 Å². The van der Waals surface area contributed by atoms with Gasteiger partial charge in [0.1, 0.15) is 11.5 Å². The number of hydrogen-bond donors (Lipinski definition) is 1. The van der Waals surface area contributed by atoms with Gasteiger partial charge >= 0.3 is 0 Å². The first-order valence-electron chi connectivity index (χ1n) is 9.88. The minimum Gasteiger partial charge on any atom is -0.497 e. The van der Waals surface area contributed by atoms with E-state index in [9.17, 15) is 4.79 Å². The zero-order valence-electron chi connectivity index (χ0n) is 16.8. The van der Waals surface area contributed by atoms with Crippen molar-refractivity contribution in [2.75, 3.05) is 20.8 Å². The summed E-state index contributed by atoms with van der Waals surface area (Å²) in [5.74, 6) is 1.48. The molecule has 0 saturated heterocycles. The van der Waals surface area contributed by atoms with Crippen molar-refractivity contribution in [2.45, 2.75) is 44.2 Å². The first-order chi connectivity index (χ1) is 13.5. The molecule has 0 aliphatic heterocycles. The number of amides is 1. The Labute approximate surface area is 167 Å². The van der Waals surface area contributed by atoms with Crippen molar-refractivity contribution >= 4 is 5.91 Å². The maximum Gasteiger partial charge on any atom is 0.242 e. The largest absolute Gasteiger partial charge is 0.497 e. The predicted molar refractivity (Wildman–Crippen MR) is 110 cm³/mol. The molecule has 0 radical (unpaired) electrons. The molecule has 5 nitrogen and oxygen atoms in total. The van der Waals surface area contributed by atoms with Gasteiger partial charge in [-0.15, -0.1) is 0 Å². The van der Waals surface area contributed by atoms with Crippen molar-refractivity contribution in [2.24, 2.45) is 5.73 Å². The number of carbonyl (C=O) groups excluding carboxylic acids is 1. The fourth-order valence-electron chi connectivity index (χ4n) is 3.87. The second kappa shape index (κ2) is 9.11. The van der Waals surface area contributed by atoms with Gasteiger partial charge in [0, 0.05) is 19.2 Å². The maximum atomic E-state index is 13.3. The number of rotatable bonds is 8. The Balaban J connectivity index is 1.82. The van der Waals surface area contributed by atoms with Gasteiger partial charge in [0.15, 0.2) is 0 Å². The van der Waals surface area contributed by atoms with E-state index in [-0.39, 0.29) is 5.91 Å². The van der Waals surface area contributed by atoms with Crippen molar-refractivity contribution in [1.29, 1.82) is 0 Å². The van der Waals surface area contributed by atoms with Crippen LogP contribution in [-0.2, 0) is 17.8 Å². The monoisotopic (exact) mass is 382 g/mol. The van der Waals surface area contributed by atoms with Gasteiger partial charge in [0.05, 0.1) is 19.8 Å². The number of ether oxygens (including phenoxy) is 2. The van der Waals surface area contributed by atoms with E-state index in [1.807, 2.05) is 41.3 Å². The van der Waals surface area contributed by atoms with E-state index in [1.165, 1.54) is 5.56 Å².